The van der Waals surface area contributed by atoms with Crippen molar-refractivity contribution in [1.82, 2.24) is 15.0 Å². The molecule has 146 valence electrons. The van der Waals surface area contributed by atoms with Crippen molar-refractivity contribution < 1.29 is 9.53 Å². The molecule has 1 aromatic carbocycles. The molecule has 0 spiro atoms. The molecular formula is C15H12Cl6N4O2. The first-order valence-electron chi connectivity index (χ1n) is 7.41. The van der Waals surface area contributed by atoms with Crippen molar-refractivity contribution in [3.63, 3.8) is 0 Å². The Kier molecular flexibility index (Phi) is 7.64. The third-order valence-corrected chi connectivity index (χ3v) is 4.04. The predicted octanol–water partition coefficient (Wildman–Crippen LogP) is 5.17. The average molecular weight is 493 g/mol. The number of aromatic nitrogens is 3. The Bertz CT molecular complexity index is 773. The molecule has 1 heterocycles. The number of esters is 1. The summed E-state index contributed by atoms with van der Waals surface area (Å²) in [5, 5.41) is 2.92. The second-order valence-electron chi connectivity index (χ2n) is 5.04. The topological polar surface area (TPSA) is 77.0 Å². The van der Waals surface area contributed by atoms with Crippen molar-refractivity contribution in [2.45, 2.75) is 14.5 Å². The van der Waals surface area contributed by atoms with Gasteiger partial charge in [0.05, 0.1) is 6.61 Å². The number of carbonyl (C=O) groups excluding carboxylic acids is 1. The van der Waals surface area contributed by atoms with Crippen LogP contribution in [-0.4, -0.2) is 34.1 Å². The van der Waals surface area contributed by atoms with Crippen molar-refractivity contribution in [1.29, 1.82) is 0 Å². The minimum absolute atomic E-state index is 0.0355. The van der Waals surface area contributed by atoms with Gasteiger partial charge in [-0.05, 0) is 31.2 Å². The highest BCUT2D eigenvalue weighted by Gasteiger charge is 2.34. The van der Waals surface area contributed by atoms with Crippen LogP contribution in [0.15, 0.2) is 24.3 Å². The standard InChI is InChI=1S/C15H12Cl6N4O2/c1-2-27-10(26)7-22-9-5-3-8(4-6-9)11-23-12(14(16,17)18)25-13(24-11)15(19,20)21/h3-6,22H,2,7H2,1H3. The molecule has 0 aliphatic carbocycles. The molecule has 0 saturated heterocycles. The average Bonchev–Trinajstić information content (AvgIpc) is 2.59. The number of halogens is 6. The van der Waals surface area contributed by atoms with Crippen molar-refractivity contribution in [3.05, 3.63) is 35.9 Å². The highest BCUT2D eigenvalue weighted by atomic mass is 35.6. The monoisotopic (exact) mass is 490 g/mol. The third-order valence-electron chi connectivity index (χ3n) is 3.03. The number of ether oxygens (including phenoxy) is 1. The van der Waals surface area contributed by atoms with Gasteiger partial charge in [0.2, 0.25) is 7.59 Å². The molecule has 0 unspecified atom stereocenters. The van der Waals surface area contributed by atoms with Crippen molar-refractivity contribution in [2.24, 2.45) is 0 Å². The molecule has 6 nitrogen and oxygen atoms in total. The Hall–Kier alpha value is -0.760. The lowest BCUT2D eigenvalue weighted by molar-refractivity contribution is -0.140. The Morgan fingerprint density at radius 1 is 0.963 bits per heavy atom. The van der Waals surface area contributed by atoms with E-state index in [0.717, 1.165) is 0 Å². The molecule has 0 aliphatic heterocycles. The number of carbonyl (C=O) groups is 1. The first-order valence-corrected chi connectivity index (χ1v) is 9.68. The summed E-state index contributed by atoms with van der Waals surface area (Å²) in [5.41, 5.74) is 1.24. The van der Waals surface area contributed by atoms with E-state index in [9.17, 15) is 4.79 Å². The van der Waals surface area contributed by atoms with Gasteiger partial charge in [-0.2, -0.15) is 0 Å². The van der Waals surface area contributed by atoms with E-state index in [1.165, 1.54) is 0 Å². The van der Waals surface area contributed by atoms with Crippen molar-refractivity contribution in [2.75, 3.05) is 18.5 Å². The highest BCUT2D eigenvalue weighted by molar-refractivity contribution is 6.67. The minimum atomic E-state index is -1.93. The Morgan fingerprint density at radius 3 is 1.93 bits per heavy atom. The molecule has 1 N–H and O–H groups in total. The zero-order valence-corrected chi connectivity index (χ0v) is 18.2. The Labute approximate surface area is 185 Å². The SMILES string of the molecule is CCOC(=O)CNc1ccc(-c2nc(C(Cl)(Cl)Cl)nc(C(Cl)(Cl)Cl)n2)cc1. The van der Waals surface area contributed by atoms with Gasteiger partial charge >= 0.3 is 5.97 Å². The van der Waals surface area contributed by atoms with E-state index in [2.05, 4.69) is 20.3 Å². The summed E-state index contributed by atoms with van der Waals surface area (Å²) < 4.78 is 0.989. The summed E-state index contributed by atoms with van der Waals surface area (Å²) >= 11 is 35.1. The molecule has 0 amide bonds. The van der Waals surface area contributed by atoms with Crippen LogP contribution in [0.4, 0.5) is 5.69 Å². The van der Waals surface area contributed by atoms with Gasteiger partial charge in [-0.3, -0.25) is 4.79 Å². The Morgan fingerprint density at radius 2 is 1.48 bits per heavy atom. The second kappa shape index (κ2) is 9.16. The molecular weight excluding hydrogens is 481 g/mol. The van der Waals surface area contributed by atoms with Gasteiger partial charge in [0, 0.05) is 11.3 Å². The van der Waals surface area contributed by atoms with Gasteiger partial charge in [-0.15, -0.1) is 0 Å². The number of anilines is 1. The van der Waals surface area contributed by atoms with Crippen LogP contribution in [0.2, 0.25) is 0 Å². The van der Waals surface area contributed by atoms with Gasteiger partial charge in [0.15, 0.2) is 17.5 Å². The fourth-order valence-corrected chi connectivity index (χ4v) is 2.39. The number of benzene rings is 1. The first-order chi connectivity index (χ1) is 12.5. The maximum absolute atomic E-state index is 11.4. The molecule has 0 radical (unpaired) electrons. The van der Waals surface area contributed by atoms with Crippen LogP contribution in [-0.2, 0) is 17.1 Å². The number of rotatable bonds is 5. The molecule has 2 rings (SSSR count). The van der Waals surface area contributed by atoms with Crippen LogP contribution in [0, 0.1) is 0 Å². The number of hydrogen-bond acceptors (Lipinski definition) is 6. The maximum Gasteiger partial charge on any atom is 0.325 e. The van der Waals surface area contributed by atoms with Gasteiger partial charge < -0.3 is 10.1 Å². The molecule has 0 atom stereocenters. The van der Waals surface area contributed by atoms with Crippen LogP contribution >= 0.6 is 69.6 Å². The van der Waals surface area contributed by atoms with Gasteiger partial charge in [-0.25, -0.2) is 15.0 Å². The van der Waals surface area contributed by atoms with Crippen molar-refractivity contribution >= 4 is 81.3 Å². The normalized spacial score (nSPS) is 12.0. The predicted molar refractivity (Wildman–Crippen MR) is 109 cm³/mol. The molecule has 1 aromatic heterocycles. The van der Waals surface area contributed by atoms with E-state index in [-0.39, 0.29) is 30.0 Å². The number of nitrogens with one attached hydrogen (secondary N) is 1. The number of nitrogens with zero attached hydrogens (tertiary/aromatic N) is 3. The van der Waals surface area contributed by atoms with Crippen LogP contribution < -0.4 is 5.32 Å². The lowest BCUT2D eigenvalue weighted by atomic mass is 10.2. The molecule has 0 saturated carbocycles. The first kappa shape index (κ1) is 22.5. The quantitative estimate of drug-likeness (QED) is 0.458. The summed E-state index contributed by atoms with van der Waals surface area (Å²) in [5.74, 6) is -0.560. The number of alkyl halides is 6. The number of hydrogen-bond donors (Lipinski definition) is 1. The summed E-state index contributed by atoms with van der Waals surface area (Å²) in [4.78, 5) is 23.5. The smallest absolute Gasteiger partial charge is 0.325 e. The zero-order valence-electron chi connectivity index (χ0n) is 13.6. The lowest BCUT2D eigenvalue weighted by Crippen LogP contribution is -2.17. The van der Waals surface area contributed by atoms with E-state index in [1.54, 1.807) is 31.2 Å². The summed E-state index contributed by atoms with van der Waals surface area (Å²) in [7, 11) is 0. The molecule has 0 fully saturated rings. The molecule has 2 aromatic rings. The summed E-state index contributed by atoms with van der Waals surface area (Å²) in [6, 6.07) is 6.80. The fraction of sp³-hybridized carbons (Fsp3) is 0.333. The van der Waals surface area contributed by atoms with Crippen LogP contribution in [0.25, 0.3) is 11.4 Å². The molecule has 12 heteroatoms. The van der Waals surface area contributed by atoms with Gasteiger partial charge in [0.25, 0.3) is 0 Å². The summed E-state index contributed by atoms with van der Waals surface area (Å²) in [6.07, 6.45) is 0. The van der Waals surface area contributed by atoms with E-state index < -0.39 is 7.59 Å². The lowest BCUT2D eigenvalue weighted by Gasteiger charge is -2.15. The second-order valence-corrected chi connectivity index (χ2v) is 9.60. The zero-order chi connectivity index (χ0) is 20.2. The largest absolute Gasteiger partial charge is 0.465 e. The van der Waals surface area contributed by atoms with E-state index >= 15 is 0 Å². The van der Waals surface area contributed by atoms with Gasteiger partial charge in [-0.1, -0.05) is 69.6 Å². The molecule has 27 heavy (non-hydrogen) atoms. The summed E-state index contributed by atoms with van der Waals surface area (Å²) in [6.45, 7) is 2.09. The maximum atomic E-state index is 11.4. The van der Waals surface area contributed by atoms with Crippen molar-refractivity contribution in [3.8, 4) is 11.4 Å². The minimum Gasteiger partial charge on any atom is -0.465 e. The van der Waals surface area contributed by atoms with Crippen LogP contribution in [0.3, 0.4) is 0 Å². The van der Waals surface area contributed by atoms with Gasteiger partial charge in [0.1, 0.15) is 6.54 Å². The molecule has 0 bridgehead atoms. The Balaban J connectivity index is 2.30. The highest BCUT2D eigenvalue weighted by Crippen LogP contribution is 2.40. The van der Waals surface area contributed by atoms with Crippen LogP contribution in [0.5, 0.6) is 0 Å². The third kappa shape index (κ3) is 6.66. The fourth-order valence-electron chi connectivity index (χ4n) is 1.88. The van der Waals surface area contributed by atoms with E-state index in [4.69, 9.17) is 74.3 Å². The molecule has 0 aliphatic rings. The van der Waals surface area contributed by atoms with E-state index in [0.29, 0.717) is 17.9 Å². The van der Waals surface area contributed by atoms with Crippen LogP contribution in [0.1, 0.15) is 18.6 Å². The van der Waals surface area contributed by atoms with E-state index in [1.807, 2.05) is 0 Å².